The van der Waals surface area contributed by atoms with Crippen LogP contribution in [0, 0.1) is 0 Å². The minimum Gasteiger partial charge on any atom is -0.378 e. The molecule has 0 unspecified atom stereocenters. The summed E-state index contributed by atoms with van der Waals surface area (Å²) in [4.78, 5) is 26.3. The van der Waals surface area contributed by atoms with Crippen molar-refractivity contribution >= 4 is 22.6 Å². The van der Waals surface area contributed by atoms with Gasteiger partial charge in [0.15, 0.2) is 5.78 Å². The lowest BCUT2D eigenvalue weighted by molar-refractivity contribution is 0.0304. The Morgan fingerprint density at radius 2 is 1.70 bits per heavy atom. The summed E-state index contributed by atoms with van der Waals surface area (Å²) < 4.78 is 7.59. The van der Waals surface area contributed by atoms with Crippen LogP contribution < -0.4 is 0 Å². The lowest BCUT2D eigenvalue weighted by Crippen LogP contribution is -2.40. The third-order valence-corrected chi connectivity index (χ3v) is 5.79. The number of nitrogens with zero attached hydrogens (tertiary/aromatic N) is 2. The van der Waals surface area contributed by atoms with Crippen LogP contribution in [0.3, 0.4) is 0 Å². The van der Waals surface area contributed by atoms with Crippen molar-refractivity contribution in [3.8, 4) is 0 Å². The van der Waals surface area contributed by atoms with Gasteiger partial charge in [0.2, 0.25) is 0 Å². The van der Waals surface area contributed by atoms with Crippen molar-refractivity contribution in [2.24, 2.45) is 0 Å². The lowest BCUT2D eigenvalue weighted by Gasteiger charge is -2.26. The number of unbranched alkanes of at least 4 members (excludes halogenated alkanes) is 1. The molecule has 1 saturated heterocycles. The van der Waals surface area contributed by atoms with Crippen LogP contribution in [0.25, 0.3) is 10.9 Å². The molecule has 4 rings (SSSR count). The number of carbonyl (C=O) groups excluding carboxylic acids is 2. The number of ether oxygens (including phenoxy) is 1. The van der Waals surface area contributed by atoms with Gasteiger partial charge in [-0.25, -0.2) is 0 Å². The van der Waals surface area contributed by atoms with E-state index in [-0.39, 0.29) is 11.7 Å². The standard InChI is InChI=1S/C25H28N2O3/c1-19(28)21-11-9-20(10-12-21)6-4-5-13-27-18-23(22-7-2-3-8-24(22)27)25(29)26-14-16-30-17-15-26/h2-3,7-12,18H,4-6,13-17H2,1H3. The van der Waals surface area contributed by atoms with E-state index in [1.54, 1.807) is 6.92 Å². The van der Waals surface area contributed by atoms with Gasteiger partial charge < -0.3 is 14.2 Å². The molecule has 1 aliphatic heterocycles. The summed E-state index contributed by atoms with van der Waals surface area (Å²) in [6.07, 6.45) is 5.08. The highest BCUT2D eigenvalue weighted by Crippen LogP contribution is 2.24. The van der Waals surface area contributed by atoms with Gasteiger partial charge in [-0.2, -0.15) is 0 Å². The number of para-hydroxylation sites is 1. The summed E-state index contributed by atoms with van der Waals surface area (Å²) in [5, 5.41) is 1.02. The fourth-order valence-corrected chi connectivity index (χ4v) is 4.06. The number of rotatable bonds is 7. The van der Waals surface area contributed by atoms with Crippen LogP contribution in [0.15, 0.2) is 54.7 Å². The summed E-state index contributed by atoms with van der Waals surface area (Å²) in [6.45, 7) is 4.99. The Morgan fingerprint density at radius 3 is 2.43 bits per heavy atom. The maximum atomic E-state index is 13.1. The van der Waals surface area contributed by atoms with Crippen LogP contribution in [0.2, 0.25) is 0 Å². The number of morpholine rings is 1. The zero-order chi connectivity index (χ0) is 20.9. The molecule has 2 heterocycles. The molecule has 30 heavy (non-hydrogen) atoms. The Hall–Kier alpha value is -2.92. The van der Waals surface area contributed by atoms with E-state index in [0.717, 1.165) is 47.8 Å². The van der Waals surface area contributed by atoms with Crippen LogP contribution in [-0.2, 0) is 17.7 Å². The molecule has 1 fully saturated rings. The van der Waals surface area contributed by atoms with Crippen LogP contribution in [0.5, 0.6) is 0 Å². The van der Waals surface area contributed by atoms with Gasteiger partial charge in [0.05, 0.1) is 18.8 Å². The van der Waals surface area contributed by atoms with Gasteiger partial charge in [0, 0.05) is 42.3 Å². The molecule has 5 heteroatoms. The number of fused-ring (bicyclic) bond motifs is 1. The summed E-state index contributed by atoms with van der Waals surface area (Å²) in [5.41, 5.74) is 3.91. The predicted octanol–water partition coefficient (Wildman–Crippen LogP) is 4.34. The predicted molar refractivity (Wildman–Crippen MR) is 118 cm³/mol. The van der Waals surface area contributed by atoms with E-state index in [9.17, 15) is 9.59 Å². The molecule has 0 saturated carbocycles. The van der Waals surface area contributed by atoms with Gasteiger partial charge in [-0.1, -0.05) is 42.5 Å². The fourth-order valence-electron chi connectivity index (χ4n) is 4.06. The van der Waals surface area contributed by atoms with Crippen LogP contribution in [0.1, 0.15) is 46.0 Å². The van der Waals surface area contributed by atoms with Crippen molar-refractivity contribution in [1.29, 1.82) is 0 Å². The molecular weight excluding hydrogens is 376 g/mol. The van der Waals surface area contributed by atoms with E-state index in [1.165, 1.54) is 5.56 Å². The van der Waals surface area contributed by atoms with Gasteiger partial charge >= 0.3 is 0 Å². The quantitative estimate of drug-likeness (QED) is 0.435. The number of benzene rings is 2. The van der Waals surface area contributed by atoms with Crippen molar-refractivity contribution < 1.29 is 14.3 Å². The number of Topliss-reactive ketones (excluding diaryl/α,β-unsaturated/α-hetero) is 1. The Labute approximate surface area is 177 Å². The molecule has 3 aromatic rings. The number of carbonyl (C=O) groups is 2. The Balaban J connectivity index is 1.41. The number of aromatic nitrogens is 1. The smallest absolute Gasteiger partial charge is 0.256 e. The van der Waals surface area contributed by atoms with E-state index < -0.39 is 0 Å². The maximum absolute atomic E-state index is 13.1. The highest BCUT2D eigenvalue weighted by molar-refractivity contribution is 6.07. The molecule has 0 atom stereocenters. The maximum Gasteiger partial charge on any atom is 0.256 e. The van der Waals surface area contributed by atoms with Crippen molar-refractivity contribution in [3.05, 3.63) is 71.4 Å². The number of amides is 1. The fraction of sp³-hybridized carbons (Fsp3) is 0.360. The zero-order valence-corrected chi connectivity index (χ0v) is 17.5. The van der Waals surface area contributed by atoms with E-state index in [0.29, 0.717) is 26.3 Å². The van der Waals surface area contributed by atoms with E-state index in [2.05, 4.69) is 10.6 Å². The van der Waals surface area contributed by atoms with Crippen molar-refractivity contribution in [1.82, 2.24) is 9.47 Å². The van der Waals surface area contributed by atoms with E-state index >= 15 is 0 Å². The van der Waals surface area contributed by atoms with Crippen molar-refractivity contribution in [2.75, 3.05) is 26.3 Å². The Morgan fingerprint density at radius 1 is 0.967 bits per heavy atom. The molecule has 0 aliphatic carbocycles. The third-order valence-electron chi connectivity index (χ3n) is 5.79. The van der Waals surface area contributed by atoms with Gasteiger partial charge in [0.25, 0.3) is 5.91 Å². The second kappa shape index (κ2) is 9.26. The number of hydrogen-bond donors (Lipinski definition) is 0. The van der Waals surface area contributed by atoms with Gasteiger partial charge in [-0.3, -0.25) is 9.59 Å². The topological polar surface area (TPSA) is 51.5 Å². The van der Waals surface area contributed by atoms with Crippen LogP contribution in [0.4, 0.5) is 0 Å². The SMILES string of the molecule is CC(=O)c1ccc(CCCCn2cc(C(=O)N3CCOCC3)c3ccccc32)cc1. The van der Waals surface area contributed by atoms with E-state index in [4.69, 9.17) is 4.74 Å². The lowest BCUT2D eigenvalue weighted by atomic mass is 10.0. The minimum atomic E-state index is 0.0961. The molecule has 0 bridgehead atoms. The first-order valence-electron chi connectivity index (χ1n) is 10.7. The Kier molecular flexibility index (Phi) is 6.29. The molecule has 5 nitrogen and oxygen atoms in total. The highest BCUT2D eigenvalue weighted by Gasteiger charge is 2.22. The van der Waals surface area contributed by atoms with Crippen LogP contribution >= 0.6 is 0 Å². The minimum absolute atomic E-state index is 0.0961. The van der Waals surface area contributed by atoms with Gasteiger partial charge in [0.1, 0.15) is 0 Å². The summed E-state index contributed by atoms with van der Waals surface area (Å²) in [5.74, 6) is 0.197. The highest BCUT2D eigenvalue weighted by atomic mass is 16.5. The number of ketones is 1. The molecular formula is C25H28N2O3. The molecule has 1 aliphatic rings. The molecule has 0 spiro atoms. The molecule has 156 valence electrons. The third kappa shape index (κ3) is 4.46. The monoisotopic (exact) mass is 404 g/mol. The first-order chi connectivity index (χ1) is 14.6. The average molecular weight is 405 g/mol. The van der Waals surface area contributed by atoms with E-state index in [1.807, 2.05) is 53.6 Å². The first kappa shape index (κ1) is 20.4. The van der Waals surface area contributed by atoms with Gasteiger partial charge in [-0.15, -0.1) is 0 Å². The van der Waals surface area contributed by atoms with Crippen molar-refractivity contribution in [3.63, 3.8) is 0 Å². The zero-order valence-electron chi connectivity index (χ0n) is 17.5. The molecule has 0 radical (unpaired) electrons. The average Bonchev–Trinajstić information content (AvgIpc) is 3.16. The van der Waals surface area contributed by atoms with Gasteiger partial charge in [-0.05, 0) is 37.8 Å². The molecule has 0 N–H and O–H groups in total. The molecule has 1 amide bonds. The summed E-state index contributed by atoms with van der Waals surface area (Å²) in [6, 6.07) is 16.0. The number of aryl methyl sites for hydroxylation is 2. The normalized spacial score (nSPS) is 14.2. The summed E-state index contributed by atoms with van der Waals surface area (Å²) >= 11 is 0. The first-order valence-corrected chi connectivity index (χ1v) is 10.7. The Bertz CT molecular complexity index is 1030. The second-order valence-electron chi connectivity index (χ2n) is 7.87. The molecule has 2 aromatic carbocycles. The van der Waals surface area contributed by atoms with Crippen molar-refractivity contribution in [2.45, 2.75) is 32.7 Å². The second-order valence-corrected chi connectivity index (χ2v) is 7.87. The summed E-state index contributed by atoms with van der Waals surface area (Å²) in [7, 11) is 0. The van der Waals surface area contributed by atoms with Crippen LogP contribution in [-0.4, -0.2) is 47.5 Å². The number of hydrogen-bond acceptors (Lipinski definition) is 3. The molecule has 1 aromatic heterocycles. The largest absolute Gasteiger partial charge is 0.378 e.